The fourth-order valence-electron chi connectivity index (χ4n) is 4.31. The normalized spacial score (nSPS) is 15.6. The fourth-order valence-corrected chi connectivity index (χ4v) is 4.31. The lowest BCUT2D eigenvalue weighted by Crippen LogP contribution is -2.44. The Balaban J connectivity index is 1.35. The van der Waals surface area contributed by atoms with E-state index < -0.39 is 0 Å². The summed E-state index contributed by atoms with van der Waals surface area (Å²) in [5.41, 5.74) is 4.50. The van der Waals surface area contributed by atoms with E-state index in [4.69, 9.17) is 19.8 Å². The summed E-state index contributed by atoms with van der Waals surface area (Å²) in [6.45, 7) is 6.81. The van der Waals surface area contributed by atoms with Gasteiger partial charge in [-0.1, -0.05) is 17.3 Å². The summed E-state index contributed by atoms with van der Waals surface area (Å²) < 4.78 is 7.38. The zero-order valence-corrected chi connectivity index (χ0v) is 20.9. The lowest BCUT2D eigenvalue weighted by Gasteiger charge is -2.34. The van der Waals surface area contributed by atoms with E-state index in [2.05, 4.69) is 32.8 Å². The van der Waals surface area contributed by atoms with Crippen LogP contribution in [0, 0.1) is 0 Å². The second-order valence-electron chi connectivity index (χ2n) is 8.89. The van der Waals surface area contributed by atoms with Crippen LogP contribution in [0.5, 0.6) is 0 Å². The maximum Gasteiger partial charge on any atom is 0.323 e. The van der Waals surface area contributed by atoms with Crippen molar-refractivity contribution in [3.05, 3.63) is 54.1 Å². The number of amides is 2. The molecule has 1 saturated heterocycles. The molecular formula is C26H30N8O3. The summed E-state index contributed by atoms with van der Waals surface area (Å²) in [7, 11) is 0. The third-order valence-electron chi connectivity index (χ3n) is 6.30. The minimum Gasteiger partial charge on any atom is -0.396 e. The molecule has 1 aliphatic rings. The molecule has 11 nitrogen and oxygen atoms in total. The van der Waals surface area contributed by atoms with E-state index in [9.17, 15) is 4.79 Å². The van der Waals surface area contributed by atoms with Gasteiger partial charge in [0.25, 0.3) is 0 Å². The van der Waals surface area contributed by atoms with Crippen LogP contribution < -0.4 is 15.5 Å². The van der Waals surface area contributed by atoms with Crippen LogP contribution in [0.3, 0.4) is 0 Å². The van der Waals surface area contributed by atoms with Crippen molar-refractivity contribution < 1.29 is 14.6 Å². The summed E-state index contributed by atoms with van der Waals surface area (Å²) in [5, 5.41) is 23.3. The number of hydrogen-bond donors (Lipinski definition) is 3. The topological polar surface area (TPSA) is 130 Å². The molecule has 0 saturated carbocycles. The van der Waals surface area contributed by atoms with Crippen LogP contribution in [0.2, 0.25) is 0 Å². The molecule has 2 aromatic heterocycles. The second kappa shape index (κ2) is 10.9. The zero-order chi connectivity index (χ0) is 25.8. The molecule has 3 heterocycles. The number of morpholine rings is 1. The van der Waals surface area contributed by atoms with Crippen molar-refractivity contribution in [2.75, 3.05) is 41.9 Å². The number of hydrogen-bond acceptors (Lipinski definition) is 8. The van der Waals surface area contributed by atoms with Crippen LogP contribution in [0.15, 0.2) is 48.5 Å². The Hall–Kier alpha value is -4.09. The highest BCUT2D eigenvalue weighted by Gasteiger charge is 2.26. The molecule has 0 bridgehead atoms. The molecule has 4 aromatic rings. The number of nitrogens with one attached hydrogen (secondary N) is 2. The number of fused-ring (bicyclic) bond motifs is 1. The van der Waals surface area contributed by atoms with E-state index in [1.165, 1.54) is 0 Å². The van der Waals surface area contributed by atoms with Gasteiger partial charge < -0.3 is 25.4 Å². The Morgan fingerprint density at radius 1 is 1.08 bits per heavy atom. The highest BCUT2D eigenvalue weighted by Crippen LogP contribution is 2.29. The Morgan fingerprint density at radius 3 is 2.43 bits per heavy atom. The summed E-state index contributed by atoms with van der Waals surface area (Å²) in [5.74, 6) is 1.32. The Labute approximate surface area is 214 Å². The minimum absolute atomic E-state index is 0.0922. The van der Waals surface area contributed by atoms with Crippen molar-refractivity contribution in [3.8, 4) is 11.4 Å². The zero-order valence-electron chi connectivity index (χ0n) is 20.9. The number of aliphatic hydroxyl groups excluding tert-OH is 1. The van der Waals surface area contributed by atoms with Gasteiger partial charge in [0.05, 0.1) is 19.3 Å². The first kappa shape index (κ1) is 24.6. The molecule has 2 aromatic carbocycles. The average molecular weight is 503 g/mol. The number of anilines is 3. The van der Waals surface area contributed by atoms with Crippen LogP contribution in [-0.2, 0) is 17.7 Å². The summed E-state index contributed by atoms with van der Waals surface area (Å²) in [6.07, 6.45) is 0.583. The number of benzene rings is 2. The van der Waals surface area contributed by atoms with Crippen molar-refractivity contribution in [1.82, 2.24) is 25.0 Å². The number of nitrogens with zero attached hydrogens (tertiary/aromatic N) is 6. The smallest absolute Gasteiger partial charge is 0.323 e. The van der Waals surface area contributed by atoms with Crippen LogP contribution in [0.4, 0.5) is 22.0 Å². The van der Waals surface area contributed by atoms with Gasteiger partial charge in [0.2, 0.25) is 0 Å². The molecule has 2 amide bonds. The largest absolute Gasteiger partial charge is 0.396 e. The molecule has 11 heteroatoms. The Bertz CT molecular complexity index is 1370. The summed E-state index contributed by atoms with van der Waals surface area (Å²) in [6, 6.07) is 14.6. The van der Waals surface area contributed by atoms with Gasteiger partial charge in [-0.2, -0.15) is 0 Å². The van der Waals surface area contributed by atoms with Gasteiger partial charge >= 0.3 is 6.03 Å². The third-order valence-corrected chi connectivity index (χ3v) is 6.30. The molecule has 1 unspecified atom stereocenters. The third kappa shape index (κ3) is 5.37. The molecule has 5 rings (SSSR count). The number of rotatable bonds is 7. The highest BCUT2D eigenvalue weighted by molar-refractivity contribution is 5.99. The maximum atomic E-state index is 12.5. The van der Waals surface area contributed by atoms with Gasteiger partial charge in [-0.15, -0.1) is 5.10 Å². The van der Waals surface area contributed by atoms with E-state index in [-0.39, 0.29) is 18.7 Å². The van der Waals surface area contributed by atoms with E-state index in [1.54, 1.807) is 4.68 Å². The first-order valence-electron chi connectivity index (χ1n) is 12.4. The molecule has 0 radical (unpaired) electrons. The molecule has 1 fully saturated rings. The second-order valence-corrected chi connectivity index (χ2v) is 8.89. The number of aliphatic hydroxyl groups is 1. The van der Waals surface area contributed by atoms with Crippen LogP contribution in [0.1, 0.15) is 19.4 Å². The number of aryl methyl sites for hydroxylation is 1. The van der Waals surface area contributed by atoms with E-state index in [0.29, 0.717) is 61.1 Å². The molecule has 192 valence electrons. The lowest BCUT2D eigenvalue weighted by molar-refractivity contribution is 0.0987. The molecule has 0 aliphatic carbocycles. The average Bonchev–Trinajstić information content (AvgIpc) is 3.33. The standard InChI is InChI=1S/C26H30N8O3/c1-3-34-25-22(31-32-34)24(33-13-15-37-16-17(33)2)29-23(30-25)19-6-10-21(11-7-19)28-26(36)27-20-8-4-18(5-9-20)12-14-35/h4-11,17,35H,3,12-16H2,1-2H3,(H2,27,28,36). The van der Waals surface area contributed by atoms with Crippen LogP contribution in [-0.4, -0.2) is 68.5 Å². The van der Waals surface area contributed by atoms with Crippen molar-refractivity contribution >= 4 is 34.4 Å². The van der Waals surface area contributed by atoms with Crippen molar-refractivity contribution in [2.24, 2.45) is 0 Å². The van der Waals surface area contributed by atoms with Crippen molar-refractivity contribution in [3.63, 3.8) is 0 Å². The summed E-state index contributed by atoms with van der Waals surface area (Å²) >= 11 is 0. The van der Waals surface area contributed by atoms with Gasteiger partial charge in [-0.05, 0) is 62.2 Å². The number of carbonyl (C=O) groups excluding carboxylic acids is 1. The minimum atomic E-state index is -0.346. The Morgan fingerprint density at radius 2 is 1.78 bits per heavy atom. The number of urea groups is 1. The monoisotopic (exact) mass is 502 g/mol. The Kier molecular flexibility index (Phi) is 7.24. The molecule has 37 heavy (non-hydrogen) atoms. The first-order valence-corrected chi connectivity index (χ1v) is 12.4. The van der Waals surface area contributed by atoms with E-state index in [1.807, 2.05) is 55.5 Å². The SMILES string of the molecule is CCn1nnc2c(N3CCOCC3C)nc(-c3ccc(NC(=O)Nc4ccc(CCO)cc4)cc3)nc21. The predicted octanol–water partition coefficient (Wildman–Crippen LogP) is 3.31. The van der Waals surface area contributed by atoms with Crippen LogP contribution >= 0.6 is 0 Å². The molecule has 0 spiro atoms. The first-order chi connectivity index (χ1) is 18.1. The maximum absolute atomic E-state index is 12.5. The molecule has 1 atom stereocenters. The fraction of sp³-hybridized carbons (Fsp3) is 0.346. The molecule has 3 N–H and O–H groups in total. The van der Waals surface area contributed by atoms with Gasteiger partial charge in [-0.3, -0.25) is 0 Å². The predicted molar refractivity (Wildman–Crippen MR) is 142 cm³/mol. The lowest BCUT2D eigenvalue weighted by atomic mass is 10.1. The molecule has 1 aliphatic heterocycles. The van der Waals surface area contributed by atoms with Gasteiger partial charge in [0.1, 0.15) is 0 Å². The molecular weight excluding hydrogens is 472 g/mol. The van der Waals surface area contributed by atoms with E-state index >= 15 is 0 Å². The highest BCUT2D eigenvalue weighted by atomic mass is 16.5. The van der Waals surface area contributed by atoms with Gasteiger partial charge in [-0.25, -0.2) is 19.4 Å². The number of ether oxygens (including phenoxy) is 1. The summed E-state index contributed by atoms with van der Waals surface area (Å²) in [4.78, 5) is 24.3. The number of aromatic nitrogens is 5. The van der Waals surface area contributed by atoms with Crippen LogP contribution in [0.25, 0.3) is 22.6 Å². The van der Waals surface area contributed by atoms with Crippen molar-refractivity contribution in [1.29, 1.82) is 0 Å². The van der Waals surface area contributed by atoms with E-state index in [0.717, 1.165) is 16.9 Å². The number of carbonyl (C=O) groups is 1. The van der Waals surface area contributed by atoms with Gasteiger partial charge in [0, 0.05) is 36.6 Å². The van der Waals surface area contributed by atoms with Gasteiger partial charge in [0.15, 0.2) is 22.8 Å². The quantitative estimate of drug-likeness (QED) is 0.351. The van der Waals surface area contributed by atoms with Crippen molar-refractivity contribution in [2.45, 2.75) is 32.9 Å².